The molecular formula is C20H33ClN2O2. The number of nitrogens with one attached hydrogen (secondary N) is 2. The number of ether oxygens (including phenoxy) is 1. The highest BCUT2D eigenvalue weighted by molar-refractivity contribution is 5.85. The van der Waals surface area contributed by atoms with Gasteiger partial charge in [0.25, 0.3) is 0 Å². The Bertz CT molecular complexity index is 501. The summed E-state index contributed by atoms with van der Waals surface area (Å²) in [6, 6.07) is 8.35. The molecule has 142 valence electrons. The molecule has 1 amide bonds. The smallest absolute Gasteiger partial charge is 0.220 e. The van der Waals surface area contributed by atoms with Crippen LogP contribution in [0.15, 0.2) is 24.3 Å². The van der Waals surface area contributed by atoms with Crippen LogP contribution >= 0.6 is 12.4 Å². The first-order chi connectivity index (χ1) is 11.6. The van der Waals surface area contributed by atoms with E-state index in [1.807, 2.05) is 12.1 Å². The van der Waals surface area contributed by atoms with Gasteiger partial charge in [-0.15, -0.1) is 12.4 Å². The van der Waals surface area contributed by atoms with Gasteiger partial charge in [0.2, 0.25) is 5.91 Å². The average molecular weight is 369 g/mol. The van der Waals surface area contributed by atoms with E-state index in [1.165, 1.54) is 18.4 Å². The molecule has 0 spiro atoms. The molecule has 25 heavy (non-hydrogen) atoms. The largest absolute Gasteiger partial charge is 0.497 e. The molecule has 0 bridgehead atoms. The maximum Gasteiger partial charge on any atom is 0.220 e. The summed E-state index contributed by atoms with van der Waals surface area (Å²) in [4.78, 5) is 12.3. The lowest BCUT2D eigenvalue weighted by atomic mass is 9.85. The maximum atomic E-state index is 12.3. The molecule has 3 unspecified atom stereocenters. The van der Waals surface area contributed by atoms with Crippen LogP contribution in [0.1, 0.15) is 45.1 Å². The van der Waals surface area contributed by atoms with Gasteiger partial charge in [-0.25, -0.2) is 0 Å². The number of aryl methyl sites for hydroxylation is 1. The molecule has 4 nitrogen and oxygen atoms in total. The van der Waals surface area contributed by atoms with Gasteiger partial charge in [-0.3, -0.25) is 4.79 Å². The summed E-state index contributed by atoms with van der Waals surface area (Å²) in [5.74, 6) is 2.16. The zero-order chi connectivity index (χ0) is 17.4. The summed E-state index contributed by atoms with van der Waals surface area (Å²) in [5, 5.41) is 6.59. The highest BCUT2D eigenvalue weighted by atomic mass is 35.5. The first-order valence-electron chi connectivity index (χ1n) is 9.21. The lowest BCUT2D eigenvalue weighted by molar-refractivity contribution is -0.123. The van der Waals surface area contributed by atoms with Crippen molar-refractivity contribution in [2.75, 3.05) is 20.2 Å². The number of piperidine rings is 1. The van der Waals surface area contributed by atoms with E-state index in [0.717, 1.165) is 31.7 Å². The van der Waals surface area contributed by atoms with Gasteiger partial charge in [0.1, 0.15) is 5.75 Å². The lowest BCUT2D eigenvalue weighted by Crippen LogP contribution is -2.37. The molecule has 1 saturated heterocycles. The van der Waals surface area contributed by atoms with Crippen LogP contribution in [-0.4, -0.2) is 32.1 Å². The fourth-order valence-corrected chi connectivity index (χ4v) is 3.40. The normalized spacial score (nSPS) is 19.4. The van der Waals surface area contributed by atoms with Gasteiger partial charge < -0.3 is 15.4 Å². The molecule has 0 aromatic heterocycles. The summed E-state index contributed by atoms with van der Waals surface area (Å²) in [6.07, 6.45) is 5.04. The van der Waals surface area contributed by atoms with Crippen LogP contribution in [0, 0.1) is 11.8 Å². The van der Waals surface area contributed by atoms with Crippen molar-refractivity contribution < 1.29 is 9.53 Å². The van der Waals surface area contributed by atoms with Crippen LogP contribution in [0.4, 0.5) is 0 Å². The lowest BCUT2D eigenvalue weighted by Gasteiger charge is -2.28. The van der Waals surface area contributed by atoms with Gasteiger partial charge in [-0.2, -0.15) is 0 Å². The number of methoxy groups -OCH3 is 1. The maximum absolute atomic E-state index is 12.3. The molecule has 3 atom stereocenters. The van der Waals surface area contributed by atoms with Crippen molar-refractivity contribution in [1.82, 2.24) is 10.6 Å². The quantitative estimate of drug-likeness (QED) is 0.737. The molecule has 1 aromatic rings. The minimum absolute atomic E-state index is 0. The van der Waals surface area contributed by atoms with Crippen LogP contribution in [-0.2, 0) is 11.2 Å². The van der Waals surface area contributed by atoms with Crippen molar-refractivity contribution in [2.45, 2.75) is 52.0 Å². The highest BCUT2D eigenvalue weighted by Gasteiger charge is 2.22. The van der Waals surface area contributed by atoms with Gasteiger partial charge in [0, 0.05) is 12.5 Å². The van der Waals surface area contributed by atoms with Crippen LogP contribution in [0.5, 0.6) is 5.75 Å². The highest BCUT2D eigenvalue weighted by Crippen LogP contribution is 2.22. The summed E-state index contributed by atoms with van der Waals surface area (Å²) in [7, 11) is 1.68. The van der Waals surface area contributed by atoms with E-state index in [4.69, 9.17) is 4.74 Å². The van der Waals surface area contributed by atoms with E-state index in [2.05, 4.69) is 36.6 Å². The molecule has 2 N–H and O–H groups in total. The number of hydrogen-bond donors (Lipinski definition) is 2. The molecular weight excluding hydrogens is 336 g/mol. The number of hydrogen-bond acceptors (Lipinski definition) is 3. The molecule has 2 rings (SSSR count). The summed E-state index contributed by atoms with van der Waals surface area (Å²) >= 11 is 0. The zero-order valence-electron chi connectivity index (χ0n) is 15.7. The van der Waals surface area contributed by atoms with E-state index in [0.29, 0.717) is 18.3 Å². The van der Waals surface area contributed by atoms with E-state index < -0.39 is 0 Å². The minimum Gasteiger partial charge on any atom is -0.497 e. The van der Waals surface area contributed by atoms with Crippen LogP contribution in [0.2, 0.25) is 0 Å². The van der Waals surface area contributed by atoms with Crippen molar-refractivity contribution in [3.63, 3.8) is 0 Å². The molecule has 5 heteroatoms. The third-order valence-electron chi connectivity index (χ3n) is 5.08. The Morgan fingerprint density at radius 2 is 2.04 bits per heavy atom. The second-order valence-electron chi connectivity index (χ2n) is 7.14. The fourth-order valence-electron chi connectivity index (χ4n) is 3.40. The Kier molecular flexibility index (Phi) is 9.91. The van der Waals surface area contributed by atoms with Gasteiger partial charge in [-0.1, -0.05) is 19.1 Å². The van der Waals surface area contributed by atoms with Crippen molar-refractivity contribution >= 4 is 18.3 Å². The third-order valence-corrected chi connectivity index (χ3v) is 5.08. The first kappa shape index (κ1) is 21.8. The summed E-state index contributed by atoms with van der Waals surface area (Å²) < 4.78 is 5.17. The van der Waals surface area contributed by atoms with Crippen molar-refractivity contribution in [3.8, 4) is 5.75 Å². The molecule has 1 aliphatic rings. The number of amides is 1. The van der Waals surface area contributed by atoms with Crippen LogP contribution in [0.3, 0.4) is 0 Å². The van der Waals surface area contributed by atoms with Gasteiger partial charge in [-0.05, 0) is 75.2 Å². The van der Waals surface area contributed by atoms with E-state index in [9.17, 15) is 4.79 Å². The van der Waals surface area contributed by atoms with Gasteiger partial charge in [0.05, 0.1) is 7.11 Å². The number of rotatable bonds is 8. The number of halogens is 1. The van der Waals surface area contributed by atoms with Crippen LogP contribution < -0.4 is 15.4 Å². The van der Waals surface area contributed by atoms with Gasteiger partial charge in [0.15, 0.2) is 0 Å². The predicted molar refractivity (Wildman–Crippen MR) is 106 cm³/mol. The molecule has 1 fully saturated rings. The Morgan fingerprint density at radius 3 is 2.64 bits per heavy atom. The number of carbonyl (C=O) groups excluding carboxylic acids is 1. The van der Waals surface area contributed by atoms with E-state index in [-0.39, 0.29) is 24.4 Å². The molecule has 0 radical (unpaired) electrons. The monoisotopic (exact) mass is 368 g/mol. The molecule has 1 aliphatic heterocycles. The van der Waals surface area contributed by atoms with Crippen molar-refractivity contribution in [2.24, 2.45) is 11.8 Å². The number of benzene rings is 1. The summed E-state index contributed by atoms with van der Waals surface area (Å²) in [6.45, 7) is 6.48. The molecule has 1 heterocycles. The Morgan fingerprint density at radius 1 is 1.32 bits per heavy atom. The Labute approximate surface area is 158 Å². The van der Waals surface area contributed by atoms with Crippen LogP contribution in [0.25, 0.3) is 0 Å². The first-order valence-corrected chi connectivity index (χ1v) is 9.21. The predicted octanol–water partition coefficient (Wildman–Crippen LogP) is 3.58. The fraction of sp³-hybridized carbons (Fsp3) is 0.650. The third kappa shape index (κ3) is 7.66. The molecule has 0 aliphatic carbocycles. The van der Waals surface area contributed by atoms with Gasteiger partial charge >= 0.3 is 0 Å². The topological polar surface area (TPSA) is 50.4 Å². The minimum atomic E-state index is 0. The average Bonchev–Trinajstić information content (AvgIpc) is 2.61. The van der Waals surface area contributed by atoms with E-state index in [1.54, 1.807) is 7.11 Å². The zero-order valence-corrected chi connectivity index (χ0v) is 16.5. The SMILES string of the molecule is COc1ccc(CCC(C)NC(=O)CC(C)C2CCCNC2)cc1.Cl. The van der Waals surface area contributed by atoms with Crippen molar-refractivity contribution in [1.29, 1.82) is 0 Å². The Balaban J connectivity index is 0.00000312. The van der Waals surface area contributed by atoms with E-state index >= 15 is 0 Å². The summed E-state index contributed by atoms with van der Waals surface area (Å²) in [5.41, 5.74) is 1.28. The number of carbonyl (C=O) groups is 1. The second-order valence-corrected chi connectivity index (χ2v) is 7.14. The molecule has 1 aromatic carbocycles. The standard InChI is InChI=1S/C20H32N2O2.ClH/c1-15(18-5-4-12-21-14-18)13-20(23)22-16(2)6-7-17-8-10-19(24-3)11-9-17;/h8-11,15-16,18,21H,4-7,12-14H2,1-3H3,(H,22,23);1H. The second kappa shape index (κ2) is 11.4. The molecule has 0 saturated carbocycles. The van der Waals surface area contributed by atoms with Crippen molar-refractivity contribution in [3.05, 3.63) is 29.8 Å². The Hall–Kier alpha value is -1.26.